The van der Waals surface area contributed by atoms with Gasteiger partial charge in [-0.15, -0.1) is 0 Å². The van der Waals surface area contributed by atoms with E-state index >= 15 is 0 Å². The van der Waals surface area contributed by atoms with E-state index in [0.717, 1.165) is 31.4 Å². The van der Waals surface area contributed by atoms with Crippen molar-refractivity contribution >= 4 is 6.09 Å². The molecule has 1 aliphatic rings. The van der Waals surface area contributed by atoms with E-state index in [4.69, 9.17) is 14.2 Å². The van der Waals surface area contributed by atoms with Crippen molar-refractivity contribution in [2.75, 3.05) is 20.2 Å². The molecule has 33 heavy (non-hydrogen) atoms. The van der Waals surface area contributed by atoms with Crippen LogP contribution in [0.2, 0.25) is 0 Å². The van der Waals surface area contributed by atoms with Crippen molar-refractivity contribution in [3.8, 4) is 0 Å². The number of amides is 1. The number of hydrogen-bond donors (Lipinski definition) is 4. The average molecular weight is 459 g/mol. The minimum atomic E-state index is -1.27. The lowest BCUT2D eigenvalue weighted by atomic mass is 9.96. The Morgan fingerprint density at radius 2 is 1.64 bits per heavy atom. The highest BCUT2D eigenvalue weighted by molar-refractivity contribution is 5.67. The van der Waals surface area contributed by atoms with Gasteiger partial charge < -0.3 is 35.1 Å². The third-order valence-corrected chi connectivity index (χ3v) is 5.69. The van der Waals surface area contributed by atoms with E-state index in [1.54, 1.807) is 0 Å². The zero-order chi connectivity index (χ0) is 23.5. The maximum Gasteiger partial charge on any atom is 0.407 e. The maximum atomic E-state index is 12.2. The van der Waals surface area contributed by atoms with Crippen LogP contribution in [0.15, 0.2) is 60.7 Å². The Kier molecular flexibility index (Phi) is 10.1. The summed E-state index contributed by atoms with van der Waals surface area (Å²) in [7, 11) is 1.42. The summed E-state index contributed by atoms with van der Waals surface area (Å²) in [5.41, 5.74) is 2.15. The molecule has 2 aromatic carbocycles. The topological polar surface area (TPSA) is 109 Å². The van der Waals surface area contributed by atoms with Crippen LogP contribution >= 0.6 is 0 Å². The van der Waals surface area contributed by atoms with Crippen LogP contribution in [0.1, 0.15) is 24.0 Å². The van der Waals surface area contributed by atoms with Gasteiger partial charge in [0.15, 0.2) is 6.29 Å². The molecule has 1 saturated heterocycles. The quantitative estimate of drug-likeness (QED) is 0.381. The van der Waals surface area contributed by atoms with E-state index in [-0.39, 0.29) is 6.61 Å². The monoisotopic (exact) mass is 458 g/mol. The van der Waals surface area contributed by atoms with Crippen molar-refractivity contribution in [1.82, 2.24) is 10.6 Å². The lowest BCUT2D eigenvalue weighted by Crippen LogP contribution is -2.65. The fourth-order valence-corrected chi connectivity index (χ4v) is 3.82. The molecule has 4 N–H and O–H groups in total. The Morgan fingerprint density at radius 3 is 2.30 bits per heavy atom. The van der Waals surface area contributed by atoms with Gasteiger partial charge in [-0.2, -0.15) is 0 Å². The molecular weight excluding hydrogens is 424 g/mol. The number of hydrogen-bond acceptors (Lipinski definition) is 7. The number of methoxy groups -OCH3 is 1. The first-order valence-corrected chi connectivity index (χ1v) is 11.3. The summed E-state index contributed by atoms with van der Waals surface area (Å²) >= 11 is 0. The van der Waals surface area contributed by atoms with Crippen molar-refractivity contribution in [3.63, 3.8) is 0 Å². The van der Waals surface area contributed by atoms with E-state index in [2.05, 4.69) is 22.8 Å². The number of aliphatic hydroxyl groups excluding tert-OH is 2. The van der Waals surface area contributed by atoms with Gasteiger partial charge in [0, 0.05) is 13.7 Å². The number of unbranched alkanes of at least 4 members (excludes halogenated alkanes) is 1. The largest absolute Gasteiger partial charge is 0.445 e. The molecule has 1 fully saturated rings. The molecule has 0 aromatic heterocycles. The molecule has 3 rings (SSSR count). The third kappa shape index (κ3) is 7.80. The van der Waals surface area contributed by atoms with Crippen LogP contribution in [0.3, 0.4) is 0 Å². The molecule has 0 radical (unpaired) electrons. The second-order valence-electron chi connectivity index (χ2n) is 8.14. The van der Waals surface area contributed by atoms with Crippen molar-refractivity contribution in [1.29, 1.82) is 0 Å². The first-order chi connectivity index (χ1) is 16.1. The molecule has 1 heterocycles. The summed E-state index contributed by atoms with van der Waals surface area (Å²) in [6.07, 6.45) is -1.73. The molecule has 2 aromatic rings. The van der Waals surface area contributed by atoms with Crippen LogP contribution in [0.4, 0.5) is 4.79 Å². The van der Waals surface area contributed by atoms with Crippen LogP contribution in [0.5, 0.6) is 0 Å². The molecule has 0 saturated carbocycles. The summed E-state index contributed by atoms with van der Waals surface area (Å²) < 4.78 is 16.3. The van der Waals surface area contributed by atoms with Crippen molar-refractivity contribution < 1.29 is 29.2 Å². The van der Waals surface area contributed by atoms with E-state index in [1.165, 1.54) is 12.7 Å². The summed E-state index contributed by atoms with van der Waals surface area (Å²) in [5.74, 6) is 0. The smallest absolute Gasteiger partial charge is 0.407 e. The van der Waals surface area contributed by atoms with Gasteiger partial charge in [-0.05, 0) is 36.9 Å². The van der Waals surface area contributed by atoms with Gasteiger partial charge in [0.2, 0.25) is 0 Å². The molecule has 5 atom stereocenters. The number of carbonyl (C=O) groups is 1. The molecule has 1 amide bonds. The van der Waals surface area contributed by atoms with Crippen molar-refractivity contribution in [2.24, 2.45) is 0 Å². The molecule has 0 spiro atoms. The Hall–Kier alpha value is -2.49. The Labute approximate surface area is 194 Å². The number of rotatable bonds is 11. The minimum absolute atomic E-state index is 0.0906. The van der Waals surface area contributed by atoms with Gasteiger partial charge in [-0.25, -0.2) is 4.79 Å². The Balaban J connectivity index is 1.39. The number of nitrogens with one attached hydrogen (secondary N) is 2. The van der Waals surface area contributed by atoms with Crippen molar-refractivity contribution in [3.05, 3.63) is 71.8 Å². The van der Waals surface area contributed by atoms with Crippen LogP contribution in [0, 0.1) is 0 Å². The van der Waals surface area contributed by atoms with Crippen LogP contribution in [0.25, 0.3) is 0 Å². The molecule has 180 valence electrons. The highest BCUT2D eigenvalue weighted by Crippen LogP contribution is 2.22. The van der Waals surface area contributed by atoms with Gasteiger partial charge >= 0.3 is 6.09 Å². The van der Waals surface area contributed by atoms with Crippen LogP contribution in [-0.4, -0.2) is 67.1 Å². The second-order valence-corrected chi connectivity index (χ2v) is 8.14. The first-order valence-electron chi connectivity index (χ1n) is 11.3. The number of ether oxygens (including phenoxy) is 3. The number of aliphatic hydroxyl groups is 2. The first kappa shape index (κ1) is 25.1. The summed E-state index contributed by atoms with van der Waals surface area (Å²) in [6, 6.07) is 18.6. The van der Waals surface area contributed by atoms with Crippen molar-refractivity contribution in [2.45, 2.75) is 56.5 Å². The zero-order valence-electron chi connectivity index (χ0n) is 18.9. The van der Waals surface area contributed by atoms with Gasteiger partial charge in [0.05, 0.1) is 0 Å². The summed E-state index contributed by atoms with van der Waals surface area (Å²) in [6.45, 7) is 1.21. The van der Waals surface area contributed by atoms with Gasteiger partial charge in [-0.3, -0.25) is 0 Å². The van der Waals surface area contributed by atoms with E-state index in [9.17, 15) is 15.0 Å². The highest BCUT2D eigenvalue weighted by Gasteiger charge is 2.45. The predicted octanol–water partition coefficient (Wildman–Crippen LogP) is 1.99. The minimum Gasteiger partial charge on any atom is -0.445 e. The predicted molar refractivity (Wildman–Crippen MR) is 123 cm³/mol. The molecule has 0 bridgehead atoms. The number of benzene rings is 2. The second kappa shape index (κ2) is 13.3. The van der Waals surface area contributed by atoms with Gasteiger partial charge in [0.1, 0.15) is 31.0 Å². The van der Waals surface area contributed by atoms with E-state index < -0.39 is 36.7 Å². The molecular formula is C25H34N2O6. The Bertz CT molecular complexity index is 820. The van der Waals surface area contributed by atoms with E-state index in [1.807, 2.05) is 48.5 Å². The molecule has 8 nitrogen and oxygen atoms in total. The highest BCUT2D eigenvalue weighted by atomic mass is 16.7. The van der Waals surface area contributed by atoms with Gasteiger partial charge in [-0.1, -0.05) is 60.7 Å². The Morgan fingerprint density at radius 1 is 0.970 bits per heavy atom. The number of aryl methyl sites for hydroxylation is 1. The lowest BCUT2D eigenvalue weighted by Gasteiger charge is -2.42. The normalized spacial score (nSPS) is 24.9. The maximum absolute atomic E-state index is 12.2. The number of carbonyl (C=O) groups excluding carboxylic acids is 1. The van der Waals surface area contributed by atoms with Gasteiger partial charge in [0.25, 0.3) is 0 Å². The standard InChI is InChI=1S/C25H34N2O6/c1-31-24-21(27-25(30)32-17-19-13-6-3-7-14-19)23(29)22(28)20(33-24)16-26-15-9-8-12-18-10-4-2-5-11-18/h2-7,10-11,13-14,20-24,26,28-29H,8-9,12,15-17H2,1H3,(H,27,30)/t20-,21+,22-,23-,24+/m1/s1. The molecule has 0 aliphatic carbocycles. The summed E-state index contributed by atoms with van der Waals surface area (Å²) in [5, 5.41) is 26.9. The average Bonchev–Trinajstić information content (AvgIpc) is 2.85. The summed E-state index contributed by atoms with van der Waals surface area (Å²) in [4.78, 5) is 12.2. The third-order valence-electron chi connectivity index (χ3n) is 5.69. The zero-order valence-corrected chi connectivity index (χ0v) is 18.9. The molecule has 1 aliphatic heterocycles. The van der Waals surface area contributed by atoms with Crippen LogP contribution < -0.4 is 10.6 Å². The van der Waals surface area contributed by atoms with Crippen LogP contribution in [-0.2, 0) is 27.2 Å². The fraction of sp³-hybridized carbons (Fsp3) is 0.480. The van der Waals surface area contributed by atoms with E-state index in [0.29, 0.717) is 6.54 Å². The lowest BCUT2D eigenvalue weighted by molar-refractivity contribution is -0.254. The SMILES string of the molecule is CO[C@H]1O[C@H](CNCCCCc2ccccc2)[C@@H](O)[C@H](O)[C@@H]1NC(=O)OCc1ccccc1. The molecule has 8 heteroatoms. The molecule has 0 unspecified atom stereocenters. The fourth-order valence-electron chi connectivity index (χ4n) is 3.82. The number of alkyl carbamates (subject to hydrolysis) is 1.